The number of carbonyl (C=O) groups is 1. The van der Waals surface area contributed by atoms with Gasteiger partial charge in [0.2, 0.25) is 5.88 Å². The van der Waals surface area contributed by atoms with Crippen molar-refractivity contribution in [2.45, 2.75) is 20.3 Å². The van der Waals surface area contributed by atoms with Gasteiger partial charge < -0.3 is 9.84 Å². The number of rotatable bonds is 4. The van der Waals surface area contributed by atoms with E-state index in [9.17, 15) is 4.79 Å². The van der Waals surface area contributed by atoms with E-state index in [4.69, 9.17) is 9.84 Å². The molecule has 0 saturated heterocycles. The highest BCUT2D eigenvalue weighted by Crippen LogP contribution is 2.09. The molecule has 1 aromatic rings. The first kappa shape index (κ1) is 10.4. The van der Waals surface area contributed by atoms with Crippen LogP contribution in [0.15, 0.2) is 6.07 Å². The van der Waals surface area contributed by atoms with Gasteiger partial charge in [-0.25, -0.2) is 9.78 Å². The molecule has 0 aliphatic carbocycles. The van der Waals surface area contributed by atoms with Crippen molar-refractivity contribution in [2.24, 2.45) is 0 Å². The van der Waals surface area contributed by atoms with Crippen molar-refractivity contribution in [3.8, 4) is 5.88 Å². The first-order chi connectivity index (χ1) is 6.61. The Hall–Kier alpha value is -1.65. The third-order valence-electron chi connectivity index (χ3n) is 1.57. The van der Waals surface area contributed by atoms with Gasteiger partial charge in [-0.05, 0) is 13.3 Å². The van der Waals surface area contributed by atoms with Gasteiger partial charge in [0.25, 0.3) is 0 Å². The Labute approximate surface area is 81.8 Å². The number of aliphatic carboxylic acids is 1. The molecule has 0 radical (unpaired) electrons. The van der Waals surface area contributed by atoms with Crippen LogP contribution in [0, 0.1) is 6.92 Å². The molecule has 0 aliphatic heterocycles. The number of nitrogens with zero attached hydrogens (tertiary/aromatic N) is 2. The molecule has 0 amide bonds. The summed E-state index contributed by atoms with van der Waals surface area (Å²) in [5, 5.41) is 8.40. The summed E-state index contributed by atoms with van der Waals surface area (Å²) < 4.78 is 4.94. The summed E-state index contributed by atoms with van der Waals surface area (Å²) in [5.74, 6) is -0.110. The third kappa shape index (κ3) is 3.01. The summed E-state index contributed by atoms with van der Waals surface area (Å²) in [6, 6.07) is 1.65. The summed E-state index contributed by atoms with van der Waals surface area (Å²) in [7, 11) is 0. The Morgan fingerprint density at radius 3 is 2.86 bits per heavy atom. The lowest BCUT2D eigenvalue weighted by molar-refractivity contribution is -0.139. The average molecular weight is 196 g/mol. The number of aromatic nitrogens is 2. The third-order valence-corrected chi connectivity index (χ3v) is 1.57. The fourth-order valence-corrected chi connectivity index (χ4v) is 0.990. The number of hydrogen-bond acceptors (Lipinski definition) is 4. The predicted octanol–water partition coefficient (Wildman–Crippen LogP) is 0.811. The summed E-state index contributed by atoms with van der Waals surface area (Å²) >= 11 is 0. The lowest BCUT2D eigenvalue weighted by Crippen LogP contribution is -2.11. The van der Waals surface area contributed by atoms with Crippen LogP contribution in [0.25, 0.3) is 0 Å². The van der Waals surface area contributed by atoms with E-state index in [0.29, 0.717) is 11.7 Å². The SMILES string of the molecule is CCc1cc(OCC(=O)O)nc(C)n1. The Kier molecular flexibility index (Phi) is 3.39. The molecule has 1 N–H and O–H groups in total. The highest BCUT2D eigenvalue weighted by Gasteiger charge is 2.03. The van der Waals surface area contributed by atoms with E-state index in [1.165, 1.54) is 0 Å². The second kappa shape index (κ2) is 4.55. The fraction of sp³-hybridized carbons (Fsp3) is 0.444. The molecule has 5 nitrogen and oxygen atoms in total. The zero-order valence-electron chi connectivity index (χ0n) is 8.15. The van der Waals surface area contributed by atoms with Crippen LogP contribution in [-0.4, -0.2) is 27.7 Å². The summed E-state index contributed by atoms with van der Waals surface area (Å²) in [6.07, 6.45) is 0.771. The lowest BCUT2D eigenvalue weighted by Gasteiger charge is -2.04. The molecular weight excluding hydrogens is 184 g/mol. The number of hydrogen-bond donors (Lipinski definition) is 1. The van der Waals surface area contributed by atoms with Gasteiger partial charge in [-0.3, -0.25) is 0 Å². The standard InChI is InChI=1S/C9H12N2O3/c1-3-7-4-8(11-6(2)10-7)14-5-9(12)13/h4H,3,5H2,1-2H3,(H,12,13). The second-order valence-corrected chi connectivity index (χ2v) is 2.78. The van der Waals surface area contributed by atoms with Crippen LogP contribution in [-0.2, 0) is 11.2 Å². The fourth-order valence-electron chi connectivity index (χ4n) is 0.990. The van der Waals surface area contributed by atoms with E-state index >= 15 is 0 Å². The molecule has 1 rings (SSSR count). The topological polar surface area (TPSA) is 72.3 Å². The van der Waals surface area contributed by atoms with Crippen molar-refractivity contribution >= 4 is 5.97 Å². The largest absolute Gasteiger partial charge is 0.479 e. The van der Waals surface area contributed by atoms with Crippen LogP contribution >= 0.6 is 0 Å². The molecule has 0 fully saturated rings. The maximum Gasteiger partial charge on any atom is 0.341 e. The predicted molar refractivity (Wildman–Crippen MR) is 49.3 cm³/mol. The minimum atomic E-state index is -1.01. The van der Waals surface area contributed by atoms with Gasteiger partial charge in [-0.15, -0.1) is 0 Å². The zero-order chi connectivity index (χ0) is 10.6. The van der Waals surface area contributed by atoms with Gasteiger partial charge in [0, 0.05) is 11.8 Å². The molecule has 0 unspecified atom stereocenters. The molecule has 1 heterocycles. The Morgan fingerprint density at radius 1 is 1.57 bits per heavy atom. The summed E-state index contributed by atoms with van der Waals surface area (Å²) in [6.45, 7) is 3.33. The summed E-state index contributed by atoms with van der Waals surface area (Å²) in [4.78, 5) is 18.3. The highest BCUT2D eigenvalue weighted by molar-refractivity contribution is 5.68. The Balaban J connectivity index is 2.76. The minimum Gasteiger partial charge on any atom is -0.479 e. The van der Waals surface area contributed by atoms with E-state index in [0.717, 1.165) is 12.1 Å². The van der Waals surface area contributed by atoms with E-state index in [1.807, 2.05) is 6.92 Å². The minimum absolute atomic E-state index is 0.316. The Morgan fingerprint density at radius 2 is 2.29 bits per heavy atom. The number of carboxylic acid groups (broad SMARTS) is 1. The molecular formula is C9H12N2O3. The van der Waals surface area contributed by atoms with Gasteiger partial charge in [0.05, 0.1) is 0 Å². The van der Waals surface area contributed by atoms with Crippen molar-refractivity contribution in [1.29, 1.82) is 0 Å². The van der Waals surface area contributed by atoms with Gasteiger partial charge in [0.15, 0.2) is 6.61 Å². The molecule has 0 atom stereocenters. The van der Waals surface area contributed by atoms with E-state index in [-0.39, 0.29) is 6.61 Å². The first-order valence-electron chi connectivity index (χ1n) is 4.31. The maximum atomic E-state index is 10.2. The number of carboxylic acids is 1. The number of ether oxygens (including phenoxy) is 1. The number of aryl methyl sites for hydroxylation is 2. The van der Waals surface area contributed by atoms with Crippen LogP contribution in [0.1, 0.15) is 18.4 Å². The maximum absolute atomic E-state index is 10.2. The van der Waals surface area contributed by atoms with Crippen molar-refractivity contribution in [3.63, 3.8) is 0 Å². The quantitative estimate of drug-likeness (QED) is 0.771. The summed E-state index contributed by atoms with van der Waals surface area (Å²) in [5.41, 5.74) is 0.845. The average Bonchev–Trinajstić information content (AvgIpc) is 2.14. The van der Waals surface area contributed by atoms with Gasteiger partial charge >= 0.3 is 5.97 Å². The smallest absolute Gasteiger partial charge is 0.341 e. The van der Waals surface area contributed by atoms with E-state index in [2.05, 4.69) is 9.97 Å². The Bertz CT molecular complexity index is 339. The highest BCUT2D eigenvalue weighted by atomic mass is 16.5. The van der Waals surface area contributed by atoms with Crippen LogP contribution in [0.4, 0.5) is 0 Å². The lowest BCUT2D eigenvalue weighted by atomic mass is 10.3. The van der Waals surface area contributed by atoms with Crippen LogP contribution in [0.2, 0.25) is 0 Å². The van der Waals surface area contributed by atoms with Gasteiger partial charge in [-0.2, -0.15) is 4.98 Å². The van der Waals surface area contributed by atoms with E-state index < -0.39 is 5.97 Å². The van der Waals surface area contributed by atoms with Crippen LogP contribution < -0.4 is 4.74 Å². The van der Waals surface area contributed by atoms with Gasteiger partial charge in [-0.1, -0.05) is 6.92 Å². The molecule has 14 heavy (non-hydrogen) atoms. The van der Waals surface area contributed by atoms with E-state index in [1.54, 1.807) is 13.0 Å². The normalized spacial score (nSPS) is 9.86. The van der Waals surface area contributed by atoms with Crippen LogP contribution in [0.3, 0.4) is 0 Å². The monoisotopic (exact) mass is 196 g/mol. The van der Waals surface area contributed by atoms with Crippen LogP contribution in [0.5, 0.6) is 5.88 Å². The molecule has 76 valence electrons. The molecule has 0 aliphatic rings. The molecule has 5 heteroatoms. The van der Waals surface area contributed by atoms with Gasteiger partial charge in [0.1, 0.15) is 5.82 Å². The molecule has 0 saturated carbocycles. The molecule has 0 aromatic carbocycles. The first-order valence-corrected chi connectivity index (χ1v) is 4.31. The molecule has 0 spiro atoms. The van der Waals surface area contributed by atoms with Crippen molar-refractivity contribution in [3.05, 3.63) is 17.6 Å². The molecule has 0 bridgehead atoms. The van der Waals surface area contributed by atoms with Crippen molar-refractivity contribution < 1.29 is 14.6 Å². The van der Waals surface area contributed by atoms with Crippen molar-refractivity contribution in [2.75, 3.05) is 6.61 Å². The molecule has 1 aromatic heterocycles. The zero-order valence-corrected chi connectivity index (χ0v) is 8.15. The van der Waals surface area contributed by atoms with Crippen molar-refractivity contribution in [1.82, 2.24) is 9.97 Å². The second-order valence-electron chi connectivity index (χ2n) is 2.78.